The molecule has 1 aromatic carbocycles. The average Bonchev–Trinajstić information content (AvgIpc) is 2.07. The van der Waals surface area contributed by atoms with E-state index in [1.54, 1.807) is 0 Å². The van der Waals surface area contributed by atoms with Gasteiger partial charge in [0.1, 0.15) is 0 Å². The van der Waals surface area contributed by atoms with Gasteiger partial charge in [0.2, 0.25) is 0 Å². The van der Waals surface area contributed by atoms with Crippen molar-refractivity contribution in [1.29, 1.82) is 0 Å². The summed E-state index contributed by atoms with van der Waals surface area (Å²) in [6, 6.07) is 3.94. The highest BCUT2D eigenvalue weighted by Crippen LogP contribution is 2.25. The minimum absolute atomic E-state index is 0.677. The largest absolute Gasteiger partial charge is 0.398 e. The van der Waals surface area contributed by atoms with Crippen LogP contribution in [0.3, 0.4) is 0 Å². The monoisotopic (exact) mass is 182 g/mol. The van der Waals surface area contributed by atoms with Crippen LogP contribution in [-0.4, -0.2) is 6.54 Å². The molecule has 3 heteroatoms. The van der Waals surface area contributed by atoms with Gasteiger partial charge in [-0.25, -0.2) is 0 Å². The average molecular weight is 183 g/mol. The van der Waals surface area contributed by atoms with Gasteiger partial charge in [0.25, 0.3) is 0 Å². The summed E-state index contributed by atoms with van der Waals surface area (Å²) >= 11 is 5.90. The molecule has 3 N–H and O–H groups in total. The molecule has 1 heterocycles. The summed E-state index contributed by atoms with van der Waals surface area (Å²) < 4.78 is 0. The first-order chi connectivity index (χ1) is 5.77. The van der Waals surface area contributed by atoms with Gasteiger partial charge in [0.15, 0.2) is 0 Å². The van der Waals surface area contributed by atoms with E-state index in [9.17, 15) is 0 Å². The van der Waals surface area contributed by atoms with E-state index in [0.717, 1.165) is 19.5 Å². The van der Waals surface area contributed by atoms with Crippen LogP contribution in [0.5, 0.6) is 0 Å². The van der Waals surface area contributed by atoms with Crippen LogP contribution in [0.1, 0.15) is 11.1 Å². The first-order valence-electron chi connectivity index (χ1n) is 4.05. The SMILES string of the molecule is Nc1cc2c(cc1Cl)CCNC2. The van der Waals surface area contributed by atoms with Crippen molar-refractivity contribution >= 4 is 17.3 Å². The smallest absolute Gasteiger partial charge is 0.0638 e. The van der Waals surface area contributed by atoms with Gasteiger partial charge in [0.05, 0.1) is 10.7 Å². The highest BCUT2D eigenvalue weighted by atomic mass is 35.5. The van der Waals surface area contributed by atoms with Crippen LogP contribution in [0.25, 0.3) is 0 Å². The molecular weight excluding hydrogens is 172 g/mol. The van der Waals surface area contributed by atoms with Gasteiger partial charge in [-0.05, 0) is 36.2 Å². The predicted molar refractivity (Wildman–Crippen MR) is 51.3 cm³/mol. The zero-order valence-electron chi connectivity index (χ0n) is 6.73. The molecule has 0 fully saturated rings. The van der Waals surface area contributed by atoms with E-state index in [1.807, 2.05) is 12.1 Å². The summed E-state index contributed by atoms with van der Waals surface area (Å²) in [6.45, 7) is 1.95. The van der Waals surface area contributed by atoms with Crippen LogP contribution >= 0.6 is 11.6 Å². The van der Waals surface area contributed by atoms with Crippen LogP contribution in [0.15, 0.2) is 12.1 Å². The van der Waals surface area contributed by atoms with Gasteiger partial charge < -0.3 is 11.1 Å². The summed E-state index contributed by atoms with van der Waals surface area (Å²) in [5.74, 6) is 0. The van der Waals surface area contributed by atoms with Crippen molar-refractivity contribution in [2.45, 2.75) is 13.0 Å². The van der Waals surface area contributed by atoms with Gasteiger partial charge in [-0.2, -0.15) is 0 Å². The van der Waals surface area contributed by atoms with E-state index < -0.39 is 0 Å². The fourth-order valence-corrected chi connectivity index (χ4v) is 1.71. The van der Waals surface area contributed by atoms with Crippen LogP contribution < -0.4 is 11.1 Å². The van der Waals surface area contributed by atoms with Crippen molar-refractivity contribution in [2.75, 3.05) is 12.3 Å². The molecule has 12 heavy (non-hydrogen) atoms. The number of halogens is 1. The Kier molecular flexibility index (Phi) is 1.95. The van der Waals surface area contributed by atoms with Crippen LogP contribution in [0, 0.1) is 0 Å². The Morgan fingerprint density at radius 2 is 2.17 bits per heavy atom. The second kappa shape index (κ2) is 2.96. The fourth-order valence-electron chi connectivity index (χ4n) is 1.52. The zero-order valence-corrected chi connectivity index (χ0v) is 7.49. The number of rotatable bonds is 0. The molecule has 0 radical (unpaired) electrons. The number of nitrogens with two attached hydrogens (primary N) is 1. The molecule has 0 saturated carbocycles. The quantitative estimate of drug-likeness (QED) is 0.598. The number of fused-ring (bicyclic) bond motifs is 1. The maximum atomic E-state index is 5.90. The van der Waals surface area contributed by atoms with Crippen LogP contribution in [-0.2, 0) is 13.0 Å². The molecule has 0 amide bonds. The standard InChI is InChI=1S/C9H11ClN2/c10-8-3-6-1-2-12-5-7(6)4-9(8)11/h3-4,12H,1-2,5,11H2. The highest BCUT2D eigenvalue weighted by molar-refractivity contribution is 6.33. The molecule has 1 aliphatic rings. The molecule has 0 saturated heterocycles. The lowest BCUT2D eigenvalue weighted by Crippen LogP contribution is -2.23. The van der Waals surface area contributed by atoms with Gasteiger partial charge in [-0.15, -0.1) is 0 Å². The molecule has 0 aromatic heterocycles. The molecule has 0 atom stereocenters. The van der Waals surface area contributed by atoms with Crippen molar-refractivity contribution in [3.05, 3.63) is 28.3 Å². The Balaban J connectivity index is 2.49. The maximum absolute atomic E-state index is 5.90. The summed E-state index contributed by atoms with van der Waals surface area (Å²) in [7, 11) is 0. The molecule has 0 unspecified atom stereocenters. The normalized spacial score (nSPS) is 15.8. The van der Waals surface area contributed by atoms with E-state index in [2.05, 4.69) is 5.32 Å². The van der Waals surface area contributed by atoms with Crippen LogP contribution in [0.2, 0.25) is 5.02 Å². The third-order valence-electron chi connectivity index (χ3n) is 2.21. The van der Waals surface area contributed by atoms with Crippen molar-refractivity contribution in [2.24, 2.45) is 0 Å². The van der Waals surface area contributed by atoms with Crippen LogP contribution in [0.4, 0.5) is 5.69 Å². The Morgan fingerprint density at radius 3 is 3.00 bits per heavy atom. The van der Waals surface area contributed by atoms with Crippen molar-refractivity contribution in [3.8, 4) is 0 Å². The van der Waals surface area contributed by atoms with Gasteiger partial charge in [0, 0.05) is 6.54 Å². The molecule has 2 rings (SSSR count). The summed E-state index contributed by atoms with van der Waals surface area (Å²) in [4.78, 5) is 0. The Labute approximate surface area is 76.7 Å². The number of anilines is 1. The topological polar surface area (TPSA) is 38.0 Å². The minimum atomic E-state index is 0.677. The van der Waals surface area contributed by atoms with Gasteiger partial charge in [-0.1, -0.05) is 11.6 Å². The summed E-state index contributed by atoms with van der Waals surface area (Å²) in [5.41, 5.74) is 8.97. The molecule has 1 aliphatic heterocycles. The molecule has 64 valence electrons. The number of hydrogen-bond donors (Lipinski definition) is 2. The fraction of sp³-hybridized carbons (Fsp3) is 0.333. The zero-order chi connectivity index (χ0) is 8.55. The third kappa shape index (κ3) is 1.28. The van der Waals surface area contributed by atoms with Crippen molar-refractivity contribution in [3.63, 3.8) is 0 Å². The predicted octanol–water partition coefficient (Wildman–Crippen LogP) is 1.57. The second-order valence-electron chi connectivity index (χ2n) is 3.07. The lowest BCUT2D eigenvalue weighted by Gasteiger charge is -2.17. The number of nitrogens with one attached hydrogen (secondary N) is 1. The second-order valence-corrected chi connectivity index (χ2v) is 3.48. The molecule has 0 aliphatic carbocycles. The van der Waals surface area contributed by atoms with Gasteiger partial charge in [-0.3, -0.25) is 0 Å². The van der Waals surface area contributed by atoms with Crippen molar-refractivity contribution < 1.29 is 0 Å². The first-order valence-corrected chi connectivity index (χ1v) is 4.42. The summed E-state index contributed by atoms with van der Waals surface area (Å²) in [6.07, 6.45) is 1.05. The maximum Gasteiger partial charge on any atom is 0.0638 e. The van der Waals surface area contributed by atoms with E-state index in [1.165, 1.54) is 11.1 Å². The molecule has 1 aromatic rings. The minimum Gasteiger partial charge on any atom is -0.398 e. The first kappa shape index (κ1) is 7.90. The Bertz CT molecular complexity index is 279. The number of nitrogen functional groups attached to an aromatic ring is 1. The van der Waals surface area contributed by atoms with E-state index >= 15 is 0 Å². The Morgan fingerprint density at radius 1 is 1.33 bits per heavy atom. The Hall–Kier alpha value is -0.730. The van der Waals surface area contributed by atoms with E-state index in [4.69, 9.17) is 17.3 Å². The third-order valence-corrected chi connectivity index (χ3v) is 2.53. The van der Waals surface area contributed by atoms with E-state index in [0.29, 0.717) is 10.7 Å². The van der Waals surface area contributed by atoms with E-state index in [-0.39, 0.29) is 0 Å². The molecule has 0 bridgehead atoms. The lowest BCUT2D eigenvalue weighted by atomic mass is 10.0. The molecule has 0 spiro atoms. The highest BCUT2D eigenvalue weighted by Gasteiger charge is 2.10. The summed E-state index contributed by atoms with van der Waals surface area (Å²) in [5, 5.41) is 3.97. The lowest BCUT2D eigenvalue weighted by molar-refractivity contribution is 0.644. The molecular formula is C9H11ClN2. The van der Waals surface area contributed by atoms with Crippen molar-refractivity contribution in [1.82, 2.24) is 5.32 Å². The van der Waals surface area contributed by atoms with Gasteiger partial charge >= 0.3 is 0 Å². The number of hydrogen-bond acceptors (Lipinski definition) is 2. The molecule has 2 nitrogen and oxygen atoms in total. The number of benzene rings is 1.